The van der Waals surface area contributed by atoms with Crippen molar-refractivity contribution < 1.29 is 9.90 Å². The minimum absolute atomic E-state index is 0.229. The highest BCUT2D eigenvalue weighted by molar-refractivity contribution is 7.80. The molecular formula is C4H5Cl2NO2S. The van der Waals surface area contributed by atoms with Crippen molar-refractivity contribution in [2.45, 2.75) is 11.4 Å². The fourth-order valence-corrected chi connectivity index (χ4v) is 0.823. The van der Waals surface area contributed by atoms with Gasteiger partial charge in [-0.25, -0.2) is 4.79 Å². The Labute approximate surface area is 73.3 Å². The smallest absolute Gasteiger partial charge is 0.361 e. The van der Waals surface area contributed by atoms with Gasteiger partial charge in [-0.3, -0.25) is 0 Å². The van der Waals surface area contributed by atoms with E-state index >= 15 is 0 Å². The average molecular weight is 202 g/mol. The van der Waals surface area contributed by atoms with Crippen LogP contribution in [0, 0.1) is 0 Å². The predicted octanol–water partition coefficient (Wildman–Crippen LogP) is 1.14. The van der Waals surface area contributed by atoms with Crippen LogP contribution in [-0.2, 0) is 4.79 Å². The van der Waals surface area contributed by atoms with E-state index in [4.69, 9.17) is 28.3 Å². The fraction of sp³-hybridized carbons (Fsp3) is 0.500. The molecular weight excluding hydrogens is 197 g/mol. The van der Waals surface area contributed by atoms with Crippen LogP contribution in [-0.4, -0.2) is 20.5 Å². The van der Waals surface area contributed by atoms with E-state index in [1.54, 1.807) is 0 Å². The van der Waals surface area contributed by atoms with E-state index in [1.807, 2.05) is 0 Å². The van der Waals surface area contributed by atoms with Crippen molar-refractivity contribution in [3.63, 3.8) is 0 Å². The van der Waals surface area contributed by atoms with Crippen LogP contribution in [0.2, 0.25) is 0 Å². The van der Waals surface area contributed by atoms with E-state index in [-0.39, 0.29) is 4.99 Å². The number of carboxylic acids is 1. The summed E-state index contributed by atoms with van der Waals surface area (Å²) >= 11 is 15.0. The molecule has 0 aromatic carbocycles. The average Bonchev–Trinajstić information content (AvgIpc) is 1.60. The summed E-state index contributed by atoms with van der Waals surface area (Å²) in [5.41, 5.74) is 0. The number of carboxylic acid groups (broad SMARTS) is 1. The Hall–Kier alpha value is -0.0600. The van der Waals surface area contributed by atoms with Crippen LogP contribution < -0.4 is 5.32 Å². The van der Waals surface area contributed by atoms with Gasteiger partial charge in [0.05, 0.1) is 4.99 Å². The number of nitrogens with one attached hydrogen (secondary N) is 1. The second-order valence-corrected chi connectivity index (χ2v) is 3.50. The van der Waals surface area contributed by atoms with Gasteiger partial charge in [0, 0.05) is 0 Å². The summed E-state index contributed by atoms with van der Waals surface area (Å²) in [6, 6.07) is 0. The molecule has 0 aliphatic carbocycles. The molecule has 0 bridgehead atoms. The van der Waals surface area contributed by atoms with Crippen LogP contribution in [0.1, 0.15) is 6.92 Å². The SMILES string of the molecule is CC(=S)NC(Cl)(Cl)C(=O)O. The van der Waals surface area contributed by atoms with E-state index in [9.17, 15) is 4.79 Å². The Balaban J connectivity index is 4.13. The van der Waals surface area contributed by atoms with Gasteiger partial charge in [-0.1, -0.05) is 35.4 Å². The number of carbonyl (C=O) groups is 1. The molecule has 0 aromatic heterocycles. The third-order valence-corrected chi connectivity index (χ3v) is 1.22. The Morgan fingerprint density at radius 2 is 2.10 bits per heavy atom. The Morgan fingerprint density at radius 3 is 2.20 bits per heavy atom. The summed E-state index contributed by atoms with van der Waals surface area (Å²) in [6.07, 6.45) is 0. The topological polar surface area (TPSA) is 49.3 Å². The van der Waals surface area contributed by atoms with Crippen molar-refractivity contribution in [1.29, 1.82) is 0 Å². The highest BCUT2D eigenvalue weighted by Crippen LogP contribution is 2.16. The summed E-state index contributed by atoms with van der Waals surface area (Å²) in [5.74, 6) is -1.37. The molecule has 0 aliphatic rings. The minimum atomic E-state index is -2.01. The summed E-state index contributed by atoms with van der Waals surface area (Å²) in [5, 5.41) is 10.5. The van der Waals surface area contributed by atoms with E-state index in [1.165, 1.54) is 6.92 Å². The van der Waals surface area contributed by atoms with Gasteiger partial charge in [0.2, 0.25) is 0 Å². The first-order chi connectivity index (χ1) is 4.36. The molecule has 0 aromatic rings. The molecule has 3 nitrogen and oxygen atoms in total. The lowest BCUT2D eigenvalue weighted by Crippen LogP contribution is -2.43. The molecule has 0 radical (unpaired) electrons. The third-order valence-electron chi connectivity index (χ3n) is 0.602. The second kappa shape index (κ2) is 3.37. The molecule has 10 heavy (non-hydrogen) atoms. The van der Waals surface area contributed by atoms with Gasteiger partial charge in [-0.2, -0.15) is 0 Å². The monoisotopic (exact) mass is 201 g/mol. The molecule has 0 saturated heterocycles. The number of alkyl halides is 2. The molecule has 58 valence electrons. The minimum Gasteiger partial charge on any atom is -0.478 e. The van der Waals surface area contributed by atoms with Crippen LogP contribution >= 0.6 is 35.4 Å². The molecule has 0 saturated carbocycles. The van der Waals surface area contributed by atoms with Crippen molar-refractivity contribution >= 4 is 46.4 Å². The first kappa shape index (κ1) is 9.94. The van der Waals surface area contributed by atoms with E-state index in [0.29, 0.717) is 0 Å². The van der Waals surface area contributed by atoms with E-state index in [0.717, 1.165) is 0 Å². The molecule has 0 rings (SSSR count). The predicted molar refractivity (Wildman–Crippen MR) is 43.5 cm³/mol. The molecule has 6 heteroatoms. The molecule has 0 heterocycles. The van der Waals surface area contributed by atoms with Gasteiger partial charge in [-0.15, -0.1) is 0 Å². The number of aliphatic carboxylic acids is 1. The first-order valence-corrected chi connectivity index (χ1v) is 3.42. The summed E-state index contributed by atoms with van der Waals surface area (Å²) in [7, 11) is 0. The fourth-order valence-electron chi connectivity index (χ4n) is 0.275. The van der Waals surface area contributed by atoms with E-state index in [2.05, 4.69) is 17.5 Å². The lowest BCUT2D eigenvalue weighted by atomic mass is 10.6. The van der Waals surface area contributed by atoms with Gasteiger partial charge in [-0.05, 0) is 6.92 Å². The van der Waals surface area contributed by atoms with Gasteiger partial charge in [0.15, 0.2) is 0 Å². The molecule has 2 N–H and O–H groups in total. The van der Waals surface area contributed by atoms with Crippen molar-refractivity contribution in [2.75, 3.05) is 0 Å². The highest BCUT2D eigenvalue weighted by atomic mass is 35.5. The van der Waals surface area contributed by atoms with Crippen LogP contribution in [0.4, 0.5) is 0 Å². The van der Waals surface area contributed by atoms with Gasteiger partial charge >= 0.3 is 5.97 Å². The zero-order valence-electron chi connectivity index (χ0n) is 5.02. The van der Waals surface area contributed by atoms with E-state index < -0.39 is 10.4 Å². The number of hydrogen-bond acceptors (Lipinski definition) is 2. The van der Waals surface area contributed by atoms with Crippen molar-refractivity contribution in [2.24, 2.45) is 0 Å². The summed E-state index contributed by atoms with van der Waals surface area (Å²) in [4.78, 5) is 10.4. The van der Waals surface area contributed by atoms with Crippen LogP contribution in [0.15, 0.2) is 0 Å². The zero-order valence-corrected chi connectivity index (χ0v) is 7.35. The zero-order chi connectivity index (χ0) is 8.36. The maximum atomic E-state index is 10.2. The lowest BCUT2D eigenvalue weighted by Gasteiger charge is -2.15. The Kier molecular flexibility index (Phi) is 3.35. The second-order valence-electron chi connectivity index (χ2n) is 1.56. The van der Waals surface area contributed by atoms with Crippen molar-refractivity contribution in [3.8, 4) is 0 Å². The van der Waals surface area contributed by atoms with Crippen molar-refractivity contribution in [3.05, 3.63) is 0 Å². The highest BCUT2D eigenvalue weighted by Gasteiger charge is 2.33. The Bertz CT molecular complexity index is 171. The molecule has 0 atom stereocenters. The Morgan fingerprint density at radius 1 is 1.70 bits per heavy atom. The quantitative estimate of drug-likeness (QED) is 0.400. The van der Waals surface area contributed by atoms with Gasteiger partial charge in [0.25, 0.3) is 4.46 Å². The van der Waals surface area contributed by atoms with Gasteiger partial charge in [0.1, 0.15) is 0 Å². The first-order valence-electron chi connectivity index (χ1n) is 2.26. The largest absolute Gasteiger partial charge is 0.478 e. The molecule has 0 unspecified atom stereocenters. The van der Waals surface area contributed by atoms with Crippen LogP contribution in [0.5, 0.6) is 0 Å². The molecule has 0 spiro atoms. The third kappa shape index (κ3) is 3.20. The molecule has 0 aliphatic heterocycles. The normalized spacial score (nSPS) is 10.7. The molecule has 0 amide bonds. The molecule has 0 fully saturated rings. The summed E-state index contributed by atoms with van der Waals surface area (Å²) in [6.45, 7) is 1.48. The number of halogens is 2. The van der Waals surface area contributed by atoms with Crippen molar-refractivity contribution in [1.82, 2.24) is 5.32 Å². The van der Waals surface area contributed by atoms with Crippen LogP contribution in [0.25, 0.3) is 0 Å². The van der Waals surface area contributed by atoms with Gasteiger partial charge < -0.3 is 10.4 Å². The van der Waals surface area contributed by atoms with Crippen LogP contribution in [0.3, 0.4) is 0 Å². The maximum absolute atomic E-state index is 10.2. The number of thiocarbonyl (C=S) groups is 1. The number of rotatable bonds is 2. The lowest BCUT2D eigenvalue weighted by molar-refractivity contribution is -0.138. The number of hydrogen-bond donors (Lipinski definition) is 2. The maximum Gasteiger partial charge on any atom is 0.361 e. The summed E-state index contributed by atoms with van der Waals surface area (Å²) < 4.78 is -2.01. The standard InChI is InChI=1S/C4H5Cl2NO2S/c1-2(10)7-4(5,6)3(8)9/h1H3,(H,7,10)(H,8,9).